The molecule has 0 saturated carbocycles. The number of carbonyl (C=O) groups is 1. The average molecular weight is 262 g/mol. The van der Waals surface area contributed by atoms with Gasteiger partial charge in [0.2, 0.25) is 0 Å². The number of phenols is 1. The van der Waals surface area contributed by atoms with Crippen molar-refractivity contribution < 1.29 is 14.6 Å². The van der Waals surface area contributed by atoms with E-state index in [-0.39, 0.29) is 17.1 Å². The van der Waals surface area contributed by atoms with Crippen molar-refractivity contribution in [1.82, 2.24) is 15.4 Å². The molecular formula is C12H14N4O3. The third kappa shape index (κ3) is 1.99. The zero-order valence-electron chi connectivity index (χ0n) is 10.8. The molecule has 0 atom stereocenters. The number of aromatic nitrogens is 3. The number of nitrogens with zero attached hydrogens (tertiary/aromatic N) is 2. The molecule has 0 unspecified atom stereocenters. The number of ether oxygens (including phenoxy) is 1. The number of hydrogen-bond acceptors (Lipinski definition) is 5. The van der Waals surface area contributed by atoms with Crippen LogP contribution in [0.5, 0.6) is 11.5 Å². The quantitative estimate of drug-likeness (QED) is 0.760. The van der Waals surface area contributed by atoms with Gasteiger partial charge in [-0.05, 0) is 31.0 Å². The van der Waals surface area contributed by atoms with Gasteiger partial charge in [-0.3, -0.25) is 4.79 Å². The predicted octanol–water partition coefficient (Wildman–Crippen LogP) is 0.902. The Morgan fingerprint density at radius 1 is 1.42 bits per heavy atom. The maximum atomic E-state index is 11.3. The Morgan fingerprint density at radius 3 is 2.68 bits per heavy atom. The van der Waals surface area contributed by atoms with Crippen LogP contribution in [0.25, 0.3) is 11.3 Å². The predicted molar refractivity (Wildman–Crippen MR) is 68.0 cm³/mol. The maximum absolute atomic E-state index is 11.3. The lowest BCUT2D eigenvalue weighted by Gasteiger charge is -2.13. The Labute approximate surface area is 109 Å². The molecule has 4 N–H and O–H groups in total. The molecule has 0 bridgehead atoms. The second-order valence-corrected chi connectivity index (χ2v) is 4.13. The van der Waals surface area contributed by atoms with Crippen molar-refractivity contribution in [3.05, 3.63) is 22.9 Å². The van der Waals surface area contributed by atoms with E-state index in [0.717, 1.165) is 11.1 Å². The number of aromatic amines is 1. The molecule has 0 aliphatic rings. The number of primary amides is 1. The van der Waals surface area contributed by atoms with Gasteiger partial charge in [0.15, 0.2) is 17.2 Å². The minimum Gasteiger partial charge on any atom is -0.504 e. The van der Waals surface area contributed by atoms with E-state index in [2.05, 4.69) is 15.4 Å². The normalized spacial score (nSPS) is 10.5. The zero-order valence-corrected chi connectivity index (χ0v) is 10.8. The standard InChI is InChI=1S/C12H14N4O3/c1-5-4-7(10(17)11(19-3)6(5)2)8-9(12(13)18)15-16-14-8/h4,17H,1-3H3,(H2,13,18)(H,14,15,16). The summed E-state index contributed by atoms with van der Waals surface area (Å²) < 4.78 is 5.17. The van der Waals surface area contributed by atoms with Crippen molar-refractivity contribution in [3.8, 4) is 22.8 Å². The number of nitrogens with two attached hydrogens (primary N) is 1. The average Bonchev–Trinajstić information content (AvgIpc) is 2.83. The third-order valence-corrected chi connectivity index (χ3v) is 3.00. The second kappa shape index (κ2) is 4.60. The molecule has 0 aliphatic heterocycles. The molecule has 19 heavy (non-hydrogen) atoms. The first-order valence-corrected chi connectivity index (χ1v) is 5.55. The highest BCUT2D eigenvalue weighted by Crippen LogP contribution is 2.40. The maximum Gasteiger partial charge on any atom is 0.271 e. The number of carbonyl (C=O) groups excluding carboxylic acids is 1. The van der Waals surface area contributed by atoms with E-state index in [4.69, 9.17) is 10.5 Å². The fraction of sp³-hybridized carbons (Fsp3) is 0.250. The molecule has 1 aromatic carbocycles. The number of aromatic hydroxyl groups is 1. The highest BCUT2D eigenvalue weighted by Gasteiger charge is 2.22. The topological polar surface area (TPSA) is 114 Å². The Kier molecular flexibility index (Phi) is 3.12. The number of hydrogen-bond donors (Lipinski definition) is 3. The molecule has 0 spiro atoms. The number of aryl methyl sites for hydroxylation is 1. The van der Waals surface area contributed by atoms with Crippen LogP contribution >= 0.6 is 0 Å². The van der Waals surface area contributed by atoms with Crippen molar-refractivity contribution in [1.29, 1.82) is 0 Å². The van der Waals surface area contributed by atoms with Crippen LogP contribution in [-0.2, 0) is 0 Å². The molecule has 0 fully saturated rings. The zero-order chi connectivity index (χ0) is 14.2. The SMILES string of the molecule is COc1c(C)c(C)cc(-c2n[nH]nc2C(N)=O)c1O. The summed E-state index contributed by atoms with van der Waals surface area (Å²) in [6, 6.07) is 1.71. The minimum atomic E-state index is -0.722. The number of phenolic OH excluding ortho intramolecular Hbond substituents is 1. The van der Waals surface area contributed by atoms with Gasteiger partial charge >= 0.3 is 0 Å². The van der Waals surface area contributed by atoms with Crippen LogP contribution in [0.3, 0.4) is 0 Å². The number of H-pyrrole nitrogens is 1. The lowest BCUT2D eigenvalue weighted by atomic mass is 10.0. The highest BCUT2D eigenvalue weighted by molar-refractivity contribution is 5.97. The van der Waals surface area contributed by atoms with Gasteiger partial charge in [0.25, 0.3) is 5.91 Å². The molecule has 1 aromatic heterocycles. The lowest BCUT2D eigenvalue weighted by Crippen LogP contribution is -2.13. The second-order valence-electron chi connectivity index (χ2n) is 4.13. The summed E-state index contributed by atoms with van der Waals surface area (Å²) >= 11 is 0. The summed E-state index contributed by atoms with van der Waals surface area (Å²) in [4.78, 5) is 11.3. The van der Waals surface area contributed by atoms with Crippen molar-refractivity contribution >= 4 is 5.91 Å². The summed E-state index contributed by atoms with van der Waals surface area (Å²) in [5, 5.41) is 20.1. The van der Waals surface area contributed by atoms with Gasteiger partial charge in [-0.1, -0.05) is 0 Å². The number of amides is 1. The molecule has 2 rings (SSSR count). The van der Waals surface area contributed by atoms with E-state index in [1.54, 1.807) is 6.07 Å². The number of nitrogens with one attached hydrogen (secondary N) is 1. The van der Waals surface area contributed by atoms with Crippen LogP contribution in [0.4, 0.5) is 0 Å². The van der Waals surface area contributed by atoms with Crippen LogP contribution in [0.1, 0.15) is 21.6 Å². The fourth-order valence-electron chi connectivity index (χ4n) is 1.89. The molecule has 0 radical (unpaired) electrons. The van der Waals surface area contributed by atoms with E-state index in [1.807, 2.05) is 13.8 Å². The molecule has 7 heteroatoms. The fourth-order valence-corrected chi connectivity index (χ4v) is 1.89. The number of methoxy groups -OCH3 is 1. The first-order chi connectivity index (χ1) is 8.97. The lowest BCUT2D eigenvalue weighted by molar-refractivity contribution is 0.0996. The Hall–Kier alpha value is -2.57. The largest absolute Gasteiger partial charge is 0.504 e. The van der Waals surface area contributed by atoms with Crippen molar-refractivity contribution in [2.75, 3.05) is 7.11 Å². The van der Waals surface area contributed by atoms with E-state index in [9.17, 15) is 9.90 Å². The number of benzene rings is 1. The van der Waals surface area contributed by atoms with E-state index in [1.165, 1.54) is 7.11 Å². The summed E-state index contributed by atoms with van der Waals surface area (Å²) in [5.74, 6) is -0.476. The van der Waals surface area contributed by atoms with Crippen molar-refractivity contribution in [2.24, 2.45) is 5.73 Å². The summed E-state index contributed by atoms with van der Waals surface area (Å²) in [5.41, 5.74) is 7.44. The molecule has 7 nitrogen and oxygen atoms in total. The van der Waals surface area contributed by atoms with Crippen molar-refractivity contribution in [3.63, 3.8) is 0 Å². The van der Waals surface area contributed by atoms with Crippen LogP contribution < -0.4 is 10.5 Å². The third-order valence-electron chi connectivity index (χ3n) is 3.00. The van der Waals surface area contributed by atoms with Gasteiger partial charge in [-0.25, -0.2) is 0 Å². The summed E-state index contributed by atoms with van der Waals surface area (Å²) in [7, 11) is 1.46. The van der Waals surface area contributed by atoms with Gasteiger partial charge < -0.3 is 15.6 Å². The monoisotopic (exact) mass is 262 g/mol. The van der Waals surface area contributed by atoms with Gasteiger partial charge in [0.05, 0.1) is 12.7 Å². The van der Waals surface area contributed by atoms with Crippen LogP contribution in [-0.4, -0.2) is 33.5 Å². The Balaban J connectivity index is 2.73. The van der Waals surface area contributed by atoms with Gasteiger partial charge in [0.1, 0.15) is 5.69 Å². The smallest absolute Gasteiger partial charge is 0.271 e. The van der Waals surface area contributed by atoms with Crippen LogP contribution in [0.2, 0.25) is 0 Å². The van der Waals surface area contributed by atoms with Gasteiger partial charge in [0, 0.05) is 0 Å². The first-order valence-electron chi connectivity index (χ1n) is 5.55. The molecule has 2 aromatic rings. The molecule has 0 aliphatic carbocycles. The molecule has 0 saturated heterocycles. The van der Waals surface area contributed by atoms with E-state index >= 15 is 0 Å². The summed E-state index contributed by atoms with van der Waals surface area (Å²) in [6.45, 7) is 3.69. The van der Waals surface area contributed by atoms with E-state index < -0.39 is 5.91 Å². The molecule has 100 valence electrons. The highest BCUT2D eigenvalue weighted by atomic mass is 16.5. The first kappa shape index (κ1) is 12.9. The number of rotatable bonds is 3. The minimum absolute atomic E-state index is 0.0272. The van der Waals surface area contributed by atoms with Gasteiger partial charge in [-0.2, -0.15) is 15.4 Å². The van der Waals surface area contributed by atoms with Crippen LogP contribution in [0.15, 0.2) is 6.07 Å². The van der Waals surface area contributed by atoms with Gasteiger partial charge in [-0.15, -0.1) is 0 Å². The van der Waals surface area contributed by atoms with Crippen LogP contribution in [0, 0.1) is 13.8 Å². The van der Waals surface area contributed by atoms with E-state index in [0.29, 0.717) is 11.3 Å². The Bertz CT molecular complexity index is 649. The Morgan fingerprint density at radius 2 is 2.11 bits per heavy atom. The summed E-state index contributed by atoms with van der Waals surface area (Å²) in [6.07, 6.45) is 0. The molecular weight excluding hydrogens is 248 g/mol. The molecule has 1 heterocycles. The molecule has 1 amide bonds. The van der Waals surface area contributed by atoms with Crippen molar-refractivity contribution in [2.45, 2.75) is 13.8 Å².